The van der Waals surface area contributed by atoms with Gasteiger partial charge in [-0.1, -0.05) is 0 Å². The molecule has 2 aromatic carbocycles. The van der Waals surface area contributed by atoms with Crippen LogP contribution in [0.2, 0.25) is 0 Å². The number of aromatic hydroxyl groups is 2. The van der Waals surface area contributed by atoms with Crippen molar-refractivity contribution < 1.29 is 28.9 Å². The zero-order chi connectivity index (χ0) is 18.0. The maximum atomic E-state index is 12.3. The van der Waals surface area contributed by atoms with Gasteiger partial charge >= 0.3 is 6.16 Å². The van der Waals surface area contributed by atoms with Gasteiger partial charge in [0.15, 0.2) is 5.43 Å². The van der Waals surface area contributed by atoms with Crippen molar-refractivity contribution in [3.63, 3.8) is 0 Å². The largest absolute Gasteiger partial charge is 0.513 e. The molecule has 128 valence electrons. The Morgan fingerprint density at radius 2 is 1.80 bits per heavy atom. The minimum Gasteiger partial charge on any atom is -0.508 e. The molecule has 2 N–H and O–H groups in total. The minimum absolute atomic E-state index is 0.0141. The molecular formula is C18H14O7. The van der Waals surface area contributed by atoms with E-state index in [-0.39, 0.29) is 51.6 Å². The zero-order valence-corrected chi connectivity index (χ0v) is 13.2. The predicted molar refractivity (Wildman–Crippen MR) is 88.9 cm³/mol. The number of phenols is 2. The molecule has 0 unspecified atom stereocenters. The molecule has 3 rings (SSSR count). The second kappa shape index (κ2) is 6.56. The normalized spacial score (nSPS) is 10.6. The second-order valence-electron chi connectivity index (χ2n) is 5.12. The molecule has 0 saturated heterocycles. The third-order valence-corrected chi connectivity index (χ3v) is 3.40. The van der Waals surface area contributed by atoms with Crippen LogP contribution in [0.25, 0.3) is 22.3 Å². The zero-order valence-electron chi connectivity index (χ0n) is 13.2. The summed E-state index contributed by atoms with van der Waals surface area (Å²) in [6.45, 7) is 1.75. The highest BCUT2D eigenvalue weighted by Crippen LogP contribution is 2.34. The lowest BCUT2D eigenvalue weighted by atomic mass is 10.1. The fraction of sp³-hybridized carbons (Fsp3) is 0.111. The Kier molecular flexibility index (Phi) is 4.30. The maximum absolute atomic E-state index is 12.3. The van der Waals surface area contributed by atoms with E-state index in [1.165, 1.54) is 42.5 Å². The van der Waals surface area contributed by atoms with Gasteiger partial charge in [-0.15, -0.1) is 0 Å². The van der Waals surface area contributed by atoms with E-state index in [0.29, 0.717) is 0 Å². The van der Waals surface area contributed by atoms with Crippen molar-refractivity contribution in [3.8, 4) is 28.6 Å². The van der Waals surface area contributed by atoms with Gasteiger partial charge in [0.1, 0.15) is 28.6 Å². The number of benzene rings is 2. The quantitative estimate of drug-likeness (QED) is 0.555. The summed E-state index contributed by atoms with van der Waals surface area (Å²) >= 11 is 0. The SMILES string of the molecule is CCOC(=O)Oc1cc(O)ccc1-c1cc(=O)c2cc(O)ccc2o1. The molecule has 0 radical (unpaired) electrons. The Balaban J connectivity index is 2.13. The minimum atomic E-state index is -0.942. The van der Waals surface area contributed by atoms with Gasteiger partial charge in [-0.3, -0.25) is 4.79 Å². The number of hydrogen-bond acceptors (Lipinski definition) is 7. The van der Waals surface area contributed by atoms with Gasteiger partial charge in [-0.25, -0.2) is 4.79 Å². The van der Waals surface area contributed by atoms with E-state index in [4.69, 9.17) is 13.9 Å². The first kappa shape index (κ1) is 16.4. The Bertz CT molecular complexity index is 1000. The molecule has 1 heterocycles. The predicted octanol–water partition coefficient (Wildman–Crippen LogP) is 3.41. The van der Waals surface area contributed by atoms with E-state index >= 15 is 0 Å². The first-order valence-electron chi connectivity index (χ1n) is 7.43. The van der Waals surface area contributed by atoms with Crippen LogP contribution in [0, 0.1) is 0 Å². The molecule has 0 aliphatic heterocycles. The highest BCUT2D eigenvalue weighted by Gasteiger charge is 2.16. The number of fused-ring (bicyclic) bond motifs is 1. The van der Waals surface area contributed by atoms with E-state index in [2.05, 4.69) is 0 Å². The van der Waals surface area contributed by atoms with Crippen LogP contribution in [-0.4, -0.2) is 23.0 Å². The highest BCUT2D eigenvalue weighted by atomic mass is 16.7. The van der Waals surface area contributed by atoms with Crippen molar-refractivity contribution in [2.45, 2.75) is 6.92 Å². The molecule has 0 aliphatic rings. The fourth-order valence-corrected chi connectivity index (χ4v) is 2.31. The molecule has 1 aromatic heterocycles. The number of carbonyl (C=O) groups excluding carboxylic acids is 1. The molecule has 7 heteroatoms. The third-order valence-electron chi connectivity index (χ3n) is 3.40. The summed E-state index contributed by atoms with van der Waals surface area (Å²) < 4.78 is 15.5. The monoisotopic (exact) mass is 342 g/mol. The van der Waals surface area contributed by atoms with Crippen LogP contribution >= 0.6 is 0 Å². The topological polar surface area (TPSA) is 106 Å². The summed E-state index contributed by atoms with van der Waals surface area (Å²) in [5.74, 6) is -0.0539. The summed E-state index contributed by atoms with van der Waals surface area (Å²) in [5, 5.41) is 19.3. The Hall–Kier alpha value is -3.48. The van der Waals surface area contributed by atoms with Gasteiger partial charge in [-0.2, -0.15) is 0 Å². The summed E-state index contributed by atoms with van der Waals surface area (Å²) in [4.78, 5) is 23.9. The molecule has 0 spiro atoms. The molecule has 0 bridgehead atoms. The van der Waals surface area contributed by atoms with Crippen molar-refractivity contribution in [2.24, 2.45) is 0 Å². The smallest absolute Gasteiger partial charge is 0.508 e. The summed E-state index contributed by atoms with van der Waals surface area (Å²) in [6, 6.07) is 9.41. The first-order valence-corrected chi connectivity index (χ1v) is 7.43. The van der Waals surface area contributed by atoms with E-state index in [1.807, 2.05) is 0 Å². The number of phenolic OH excluding ortho intramolecular Hbond substituents is 2. The van der Waals surface area contributed by atoms with Crippen LogP contribution in [-0.2, 0) is 4.74 Å². The maximum Gasteiger partial charge on any atom is 0.513 e. The van der Waals surface area contributed by atoms with Crippen molar-refractivity contribution in [2.75, 3.05) is 6.61 Å². The molecular weight excluding hydrogens is 328 g/mol. The Morgan fingerprint density at radius 3 is 2.56 bits per heavy atom. The number of ether oxygens (including phenoxy) is 2. The van der Waals surface area contributed by atoms with Crippen molar-refractivity contribution in [1.29, 1.82) is 0 Å². The van der Waals surface area contributed by atoms with Gasteiger partial charge < -0.3 is 24.1 Å². The van der Waals surface area contributed by atoms with Gasteiger partial charge in [0.25, 0.3) is 0 Å². The van der Waals surface area contributed by atoms with Crippen LogP contribution in [0.3, 0.4) is 0 Å². The number of hydrogen-bond donors (Lipinski definition) is 2. The molecule has 0 aliphatic carbocycles. The van der Waals surface area contributed by atoms with Crippen molar-refractivity contribution in [3.05, 3.63) is 52.7 Å². The molecule has 25 heavy (non-hydrogen) atoms. The van der Waals surface area contributed by atoms with Gasteiger partial charge in [0.05, 0.1) is 17.6 Å². The van der Waals surface area contributed by atoms with Gasteiger partial charge in [-0.05, 0) is 37.3 Å². The molecule has 3 aromatic rings. The average Bonchev–Trinajstić information content (AvgIpc) is 2.56. The lowest BCUT2D eigenvalue weighted by Crippen LogP contribution is -2.11. The van der Waals surface area contributed by atoms with Gasteiger partial charge in [0, 0.05) is 12.1 Å². The molecule has 0 amide bonds. The van der Waals surface area contributed by atoms with E-state index in [0.717, 1.165) is 0 Å². The molecule has 0 fully saturated rings. The summed E-state index contributed by atoms with van der Waals surface area (Å²) in [5.41, 5.74) is 0.177. The molecule has 0 atom stereocenters. The Morgan fingerprint density at radius 1 is 1.08 bits per heavy atom. The Labute approximate surface area is 141 Å². The van der Waals surface area contributed by atoms with Crippen LogP contribution in [0.15, 0.2) is 51.7 Å². The third kappa shape index (κ3) is 3.40. The number of rotatable bonds is 3. The van der Waals surface area contributed by atoms with E-state index < -0.39 is 6.16 Å². The lowest BCUT2D eigenvalue weighted by molar-refractivity contribution is 0.104. The summed E-state index contributed by atoms with van der Waals surface area (Å²) in [7, 11) is 0. The van der Waals surface area contributed by atoms with Crippen LogP contribution in [0.4, 0.5) is 4.79 Å². The summed E-state index contributed by atoms with van der Waals surface area (Å²) in [6.07, 6.45) is -0.942. The number of carbonyl (C=O) groups is 1. The first-order chi connectivity index (χ1) is 12.0. The lowest BCUT2D eigenvalue weighted by Gasteiger charge is -2.10. The highest BCUT2D eigenvalue weighted by molar-refractivity contribution is 5.81. The van der Waals surface area contributed by atoms with Crippen molar-refractivity contribution in [1.82, 2.24) is 0 Å². The van der Waals surface area contributed by atoms with Gasteiger partial charge in [0.2, 0.25) is 0 Å². The standard InChI is InChI=1S/C18H14O7/c1-2-23-18(22)25-16-8-11(20)3-5-12(16)17-9-14(21)13-7-10(19)4-6-15(13)24-17/h3-9,19-20H,2H2,1H3. The average molecular weight is 342 g/mol. The van der Waals surface area contributed by atoms with E-state index in [1.54, 1.807) is 6.92 Å². The van der Waals surface area contributed by atoms with Crippen LogP contribution in [0.5, 0.6) is 17.2 Å². The van der Waals surface area contributed by atoms with Crippen LogP contribution in [0.1, 0.15) is 6.92 Å². The molecule has 7 nitrogen and oxygen atoms in total. The van der Waals surface area contributed by atoms with Crippen LogP contribution < -0.4 is 10.2 Å². The molecule has 0 saturated carbocycles. The van der Waals surface area contributed by atoms with Crippen molar-refractivity contribution >= 4 is 17.1 Å². The second-order valence-corrected chi connectivity index (χ2v) is 5.12. The fourth-order valence-electron chi connectivity index (χ4n) is 2.31. The van der Waals surface area contributed by atoms with E-state index in [9.17, 15) is 19.8 Å².